The van der Waals surface area contributed by atoms with Gasteiger partial charge in [0, 0.05) is 13.1 Å². The lowest BCUT2D eigenvalue weighted by Gasteiger charge is -2.10. The molecule has 0 fully saturated rings. The molecule has 2 rings (SSSR count). The molecule has 2 N–H and O–H groups in total. The first kappa shape index (κ1) is 16.8. The normalized spacial score (nSPS) is 10.7. The van der Waals surface area contributed by atoms with E-state index >= 15 is 0 Å². The Morgan fingerprint density at radius 2 is 1.83 bits per heavy atom. The smallest absolute Gasteiger partial charge is 0.271 e. The molecule has 0 spiro atoms. The third kappa shape index (κ3) is 4.68. The molecule has 23 heavy (non-hydrogen) atoms. The van der Waals surface area contributed by atoms with Crippen molar-refractivity contribution < 1.29 is 13.6 Å². The lowest BCUT2D eigenvalue weighted by molar-refractivity contribution is 0.0945. The Bertz CT molecular complexity index is 656. The van der Waals surface area contributed by atoms with Gasteiger partial charge in [0.2, 0.25) is 0 Å². The van der Waals surface area contributed by atoms with Crippen LogP contribution in [-0.4, -0.2) is 48.2 Å². The highest BCUT2D eigenvalue weighted by Crippen LogP contribution is 2.21. The number of halogens is 2. The number of hydrogen-bond acceptors (Lipinski definition) is 5. The predicted octanol–water partition coefficient (Wildman–Crippen LogP) is 1.79. The number of para-hydroxylation sites is 1. The van der Waals surface area contributed by atoms with Crippen molar-refractivity contribution in [2.75, 3.05) is 32.5 Å². The van der Waals surface area contributed by atoms with E-state index in [0.29, 0.717) is 13.1 Å². The molecule has 0 aliphatic rings. The highest BCUT2D eigenvalue weighted by atomic mass is 19.1. The fraction of sp³-hybridized carbons (Fsp3) is 0.267. The molecule has 0 saturated carbocycles. The summed E-state index contributed by atoms with van der Waals surface area (Å²) in [6.07, 6.45) is 0. The van der Waals surface area contributed by atoms with Gasteiger partial charge in [0.1, 0.15) is 17.3 Å². The summed E-state index contributed by atoms with van der Waals surface area (Å²) in [4.78, 5) is 13.8. The molecule has 122 valence electrons. The van der Waals surface area contributed by atoms with Crippen LogP contribution in [0, 0.1) is 11.6 Å². The van der Waals surface area contributed by atoms with E-state index in [4.69, 9.17) is 0 Å². The average Bonchev–Trinajstić information content (AvgIpc) is 2.51. The van der Waals surface area contributed by atoms with E-state index in [1.54, 1.807) is 0 Å². The van der Waals surface area contributed by atoms with E-state index in [-0.39, 0.29) is 23.1 Å². The first-order valence-electron chi connectivity index (χ1n) is 6.95. The Balaban J connectivity index is 2.01. The number of amides is 1. The van der Waals surface area contributed by atoms with Gasteiger partial charge in [0.05, 0.1) is 0 Å². The van der Waals surface area contributed by atoms with Crippen LogP contribution in [0.2, 0.25) is 0 Å². The summed E-state index contributed by atoms with van der Waals surface area (Å²) < 4.78 is 27.1. The highest BCUT2D eigenvalue weighted by molar-refractivity contribution is 5.92. The number of likely N-dealkylation sites (N-methyl/N-ethyl adjacent to an activating group) is 1. The van der Waals surface area contributed by atoms with Crippen LogP contribution in [0.5, 0.6) is 0 Å². The van der Waals surface area contributed by atoms with Crippen molar-refractivity contribution in [3.05, 3.63) is 47.7 Å². The van der Waals surface area contributed by atoms with Gasteiger partial charge in [-0.15, -0.1) is 10.2 Å². The Morgan fingerprint density at radius 1 is 1.13 bits per heavy atom. The largest absolute Gasteiger partial charge is 0.349 e. The number of nitrogens with one attached hydrogen (secondary N) is 2. The zero-order valence-electron chi connectivity index (χ0n) is 12.8. The molecule has 1 aromatic heterocycles. The van der Waals surface area contributed by atoms with E-state index in [0.717, 1.165) is 12.1 Å². The summed E-state index contributed by atoms with van der Waals surface area (Å²) in [5.41, 5.74) is -0.187. The first-order valence-corrected chi connectivity index (χ1v) is 6.95. The number of carbonyl (C=O) groups excluding carboxylic acids is 1. The lowest BCUT2D eigenvalue weighted by atomic mass is 10.3. The molecule has 0 unspecified atom stereocenters. The van der Waals surface area contributed by atoms with Crippen LogP contribution in [0.25, 0.3) is 0 Å². The van der Waals surface area contributed by atoms with Gasteiger partial charge in [-0.1, -0.05) is 6.07 Å². The van der Waals surface area contributed by atoms with Crippen LogP contribution in [-0.2, 0) is 0 Å². The van der Waals surface area contributed by atoms with Crippen molar-refractivity contribution >= 4 is 17.4 Å². The minimum absolute atomic E-state index is 0.128. The van der Waals surface area contributed by atoms with Gasteiger partial charge in [-0.05, 0) is 38.4 Å². The molecular formula is C15H17F2N5O. The molecule has 0 bridgehead atoms. The zero-order chi connectivity index (χ0) is 16.8. The molecule has 0 radical (unpaired) electrons. The minimum Gasteiger partial charge on any atom is -0.349 e. The molecule has 6 nitrogen and oxygen atoms in total. The van der Waals surface area contributed by atoms with Gasteiger partial charge in [-0.25, -0.2) is 8.78 Å². The van der Waals surface area contributed by atoms with Crippen LogP contribution < -0.4 is 10.6 Å². The second-order valence-electron chi connectivity index (χ2n) is 5.08. The fourth-order valence-corrected chi connectivity index (χ4v) is 1.75. The third-order valence-electron chi connectivity index (χ3n) is 2.96. The lowest BCUT2D eigenvalue weighted by Crippen LogP contribution is -2.31. The van der Waals surface area contributed by atoms with Gasteiger partial charge in [0.15, 0.2) is 11.5 Å². The van der Waals surface area contributed by atoms with Crippen molar-refractivity contribution in [3.8, 4) is 0 Å². The second-order valence-corrected chi connectivity index (χ2v) is 5.08. The molecule has 8 heteroatoms. The summed E-state index contributed by atoms with van der Waals surface area (Å²) in [6.45, 7) is 1.18. The van der Waals surface area contributed by atoms with Gasteiger partial charge in [-0.2, -0.15) is 0 Å². The fourth-order valence-electron chi connectivity index (χ4n) is 1.75. The van der Waals surface area contributed by atoms with E-state index in [1.807, 2.05) is 19.0 Å². The number of nitrogens with zero attached hydrogens (tertiary/aromatic N) is 3. The first-order chi connectivity index (χ1) is 11.0. The maximum atomic E-state index is 13.5. The average molecular weight is 321 g/mol. The van der Waals surface area contributed by atoms with Crippen LogP contribution in [0.3, 0.4) is 0 Å². The van der Waals surface area contributed by atoms with Gasteiger partial charge in [-0.3, -0.25) is 4.79 Å². The number of rotatable bonds is 6. The van der Waals surface area contributed by atoms with Crippen LogP contribution in [0.4, 0.5) is 20.3 Å². The molecule has 1 heterocycles. The molecule has 0 aliphatic carbocycles. The molecule has 0 atom stereocenters. The summed E-state index contributed by atoms with van der Waals surface area (Å²) in [6, 6.07) is 6.39. The Labute approximate surface area is 132 Å². The SMILES string of the molecule is CN(C)CCNC(=O)c1ccc(Nc2c(F)cccc2F)nn1. The third-order valence-corrected chi connectivity index (χ3v) is 2.96. The molecule has 0 aliphatic heterocycles. The topological polar surface area (TPSA) is 70.2 Å². The number of hydrogen-bond donors (Lipinski definition) is 2. The van der Waals surface area contributed by atoms with Crippen molar-refractivity contribution in [1.29, 1.82) is 0 Å². The summed E-state index contributed by atoms with van der Waals surface area (Å²) >= 11 is 0. The van der Waals surface area contributed by atoms with Crippen LogP contribution in [0.1, 0.15) is 10.5 Å². The summed E-state index contributed by atoms with van der Waals surface area (Å²) in [5.74, 6) is -1.70. The van der Waals surface area contributed by atoms with Gasteiger partial charge in [0.25, 0.3) is 5.91 Å². The number of aromatic nitrogens is 2. The predicted molar refractivity (Wildman–Crippen MR) is 82.6 cm³/mol. The highest BCUT2D eigenvalue weighted by Gasteiger charge is 2.11. The number of anilines is 2. The Hall–Kier alpha value is -2.61. The quantitative estimate of drug-likeness (QED) is 0.849. The monoisotopic (exact) mass is 321 g/mol. The van der Waals surface area contributed by atoms with Gasteiger partial charge >= 0.3 is 0 Å². The van der Waals surface area contributed by atoms with E-state index in [2.05, 4.69) is 20.8 Å². The second kappa shape index (κ2) is 7.59. The van der Waals surface area contributed by atoms with Crippen molar-refractivity contribution in [2.24, 2.45) is 0 Å². The molecule has 1 aromatic carbocycles. The Kier molecular flexibility index (Phi) is 5.53. The minimum atomic E-state index is -0.739. The van der Waals surface area contributed by atoms with Crippen LogP contribution >= 0.6 is 0 Å². The van der Waals surface area contributed by atoms with Crippen molar-refractivity contribution in [1.82, 2.24) is 20.4 Å². The summed E-state index contributed by atoms with van der Waals surface area (Å²) in [7, 11) is 3.79. The van der Waals surface area contributed by atoms with E-state index < -0.39 is 11.6 Å². The van der Waals surface area contributed by atoms with Gasteiger partial charge < -0.3 is 15.5 Å². The van der Waals surface area contributed by atoms with Crippen LogP contribution in [0.15, 0.2) is 30.3 Å². The number of carbonyl (C=O) groups is 1. The van der Waals surface area contributed by atoms with Crippen molar-refractivity contribution in [3.63, 3.8) is 0 Å². The van der Waals surface area contributed by atoms with E-state index in [9.17, 15) is 13.6 Å². The zero-order valence-corrected chi connectivity index (χ0v) is 12.8. The molecule has 1 amide bonds. The maximum Gasteiger partial charge on any atom is 0.271 e. The van der Waals surface area contributed by atoms with E-state index in [1.165, 1.54) is 18.2 Å². The molecular weight excluding hydrogens is 304 g/mol. The number of benzene rings is 1. The molecule has 0 saturated heterocycles. The maximum absolute atomic E-state index is 13.5. The Morgan fingerprint density at radius 3 is 2.39 bits per heavy atom. The standard InChI is InChI=1S/C15H17F2N5O/c1-22(2)9-8-18-15(23)12-6-7-13(21-20-12)19-14-10(16)4-3-5-11(14)17/h3-7H,8-9H2,1-2H3,(H,18,23)(H,19,21). The van der Waals surface area contributed by atoms with Crippen molar-refractivity contribution in [2.45, 2.75) is 0 Å². The summed E-state index contributed by atoms with van der Waals surface area (Å²) in [5, 5.41) is 12.7. The molecule has 2 aromatic rings.